The second-order valence-corrected chi connectivity index (χ2v) is 7.52. The highest BCUT2D eigenvalue weighted by molar-refractivity contribution is 5.17. The van der Waals surface area contributed by atoms with Crippen LogP contribution in [0.15, 0.2) is 24.5 Å². The Bertz CT molecular complexity index is 449. The maximum atomic E-state index is 4.24. The quantitative estimate of drug-likeness (QED) is 0.888. The minimum absolute atomic E-state index is 0.383. The first-order valence-corrected chi connectivity index (χ1v) is 7.59. The van der Waals surface area contributed by atoms with Gasteiger partial charge in [0.25, 0.3) is 0 Å². The fourth-order valence-corrected chi connectivity index (χ4v) is 4.70. The molecule has 4 atom stereocenters. The Hall–Kier alpha value is -0.890. The molecule has 104 valence electrons. The third-order valence-electron chi connectivity index (χ3n) is 5.87. The van der Waals surface area contributed by atoms with Crippen molar-refractivity contribution >= 4 is 0 Å². The first-order valence-electron chi connectivity index (χ1n) is 7.59. The van der Waals surface area contributed by atoms with Crippen molar-refractivity contribution in [3.05, 3.63) is 30.1 Å². The number of hydrogen-bond donors (Lipinski definition) is 1. The average Bonchev–Trinajstić information content (AvgIpc) is 2.87. The van der Waals surface area contributed by atoms with Crippen LogP contribution in [0, 0.1) is 16.7 Å². The van der Waals surface area contributed by atoms with Gasteiger partial charge in [0.2, 0.25) is 0 Å². The summed E-state index contributed by atoms with van der Waals surface area (Å²) < 4.78 is 0. The summed E-state index contributed by atoms with van der Waals surface area (Å²) in [6, 6.07) is 5.21. The van der Waals surface area contributed by atoms with Crippen molar-refractivity contribution in [1.82, 2.24) is 10.3 Å². The van der Waals surface area contributed by atoms with Gasteiger partial charge >= 0.3 is 0 Å². The molecule has 2 heteroatoms. The first kappa shape index (κ1) is 13.1. The van der Waals surface area contributed by atoms with Crippen LogP contribution >= 0.6 is 0 Å². The number of fused-ring (bicyclic) bond motifs is 2. The van der Waals surface area contributed by atoms with Gasteiger partial charge in [-0.25, -0.2) is 0 Å². The standard InChI is InChI=1S/C17H26N2/c1-12(13-6-5-9-18-11-13)19-15-16(2,3)14-7-8-17(15,4)10-14/h5-6,9,11-12,14-15,19H,7-8,10H2,1-4H3/t12-,14?,15?,17?/m0/s1. The molecule has 0 amide bonds. The highest BCUT2D eigenvalue weighted by Crippen LogP contribution is 2.62. The fourth-order valence-electron chi connectivity index (χ4n) is 4.70. The van der Waals surface area contributed by atoms with Gasteiger partial charge in [-0.1, -0.05) is 26.8 Å². The number of aromatic nitrogens is 1. The summed E-state index contributed by atoms with van der Waals surface area (Å²) in [6.07, 6.45) is 8.04. The highest BCUT2D eigenvalue weighted by atomic mass is 15.0. The lowest BCUT2D eigenvalue weighted by Crippen LogP contribution is -2.50. The summed E-state index contributed by atoms with van der Waals surface area (Å²) in [6.45, 7) is 9.66. The second kappa shape index (κ2) is 4.31. The van der Waals surface area contributed by atoms with Crippen molar-refractivity contribution in [1.29, 1.82) is 0 Å². The minimum Gasteiger partial charge on any atom is -0.306 e. The van der Waals surface area contributed by atoms with E-state index in [-0.39, 0.29) is 0 Å². The van der Waals surface area contributed by atoms with Crippen LogP contribution in [0.25, 0.3) is 0 Å². The zero-order valence-corrected chi connectivity index (χ0v) is 12.6. The van der Waals surface area contributed by atoms with E-state index in [4.69, 9.17) is 0 Å². The number of nitrogens with one attached hydrogen (secondary N) is 1. The largest absolute Gasteiger partial charge is 0.306 e. The molecule has 2 aliphatic carbocycles. The Morgan fingerprint density at radius 3 is 2.74 bits per heavy atom. The average molecular weight is 258 g/mol. The molecule has 1 aromatic rings. The van der Waals surface area contributed by atoms with E-state index in [1.54, 1.807) is 0 Å². The maximum Gasteiger partial charge on any atom is 0.0315 e. The topological polar surface area (TPSA) is 24.9 Å². The van der Waals surface area contributed by atoms with Crippen LogP contribution < -0.4 is 5.32 Å². The predicted octanol–water partition coefficient (Wildman–Crippen LogP) is 3.95. The Kier molecular flexibility index (Phi) is 2.97. The van der Waals surface area contributed by atoms with E-state index < -0.39 is 0 Å². The molecule has 3 rings (SSSR count). The Morgan fingerprint density at radius 1 is 1.37 bits per heavy atom. The summed E-state index contributed by atoms with van der Waals surface area (Å²) in [5.41, 5.74) is 2.21. The maximum absolute atomic E-state index is 4.24. The van der Waals surface area contributed by atoms with Crippen molar-refractivity contribution in [3.8, 4) is 0 Å². The van der Waals surface area contributed by atoms with Crippen LogP contribution in [0.2, 0.25) is 0 Å². The molecule has 2 nitrogen and oxygen atoms in total. The highest BCUT2D eigenvalue weighted by Gasteiger charge is 2.59. The van der Waals surface area contributed by atoms with Gasteiger partial charge in [-0.3, -0.25) is 4.98 Å². The van der Waals surface area contributed by atoms with E-state index in [9.17, 15) is 0 Å². The van der Waals surface area contributed by atoms with E-state index in [0.29, 0.717) is 22.9 Å². The predicted molar refractivity (Wildman–Crippen MR) is 78.8 cm³/mol. The first-order chi connectivity index (χ1) is 8.93. The second-order valence-electron chi connectivity index (χ2n) is 7.52. The number of pyridine rings is 1. The lowest BCUT2D eigenvalue weighted by Gasteiger charge is -2.44. The van der Waals surface area contributed by atoms with Gasteiger partial charge in [-0.2, -0.15) is 0 Å². The molecule has 19 heavy (non-hydrogen) atoms. The Balaban J connectivity index is 1.80. The fraction of sp³-hybridized carbons (Fsp3) is 0.706. The lowest BCUT2D eigenvalue weighted by molar-refractivity contribution is 0.100. The molecule has 0 saturated heterocycles. The molecular weight excluding hydrogens is 232 g/mol. The molecular formula is C17H26N2. The smallest absolute Gasteiger partial charge is 0.0315 e. The molecule has 0 spiro atoms. The van der Waals surface area contributed by atoms with E-state index in [0.717, 1.165) is 5.92 Å². The molecule has 3 unspecified atom stereocenters. The van der Waals surface area contributed by atoms with Gasteiger partial charge in [0.15, 0.2) is 0 Å². The van der Waals surface area contributed by atoms with Gasteiger partial charge in [-0.05, 0) is 54.6 Å². The van der Waals surface area contributed by atoms with Crippen molar-refractivity contribution < 1.29 is 0 Å². The zero-order valence-electron chi connectivity index (χ0n) is 12.6. The van der Waals surface area contributed by atoms with Crippen molar-refractivity contribution in [2.24, 2.45) is 16.7 Å². The molecule has 0 radical (unpaired) electrons. The monoisotopic (exact) mass is 258 g/mol. The molecule has 1 N–H and O–H groups in total. The van der Waals surface area contributed by atoms with Crippen molar-refractivity contribution in [3.63, 3.8) is 0 Å². The van der Waals surface area contributed by atoms with Crippen LogP contribution in [-0.4, -0.2) is 11.0 Å². The molecule has 0 aromatic carbocycles. The van der Waals surface area contributed by atoms with Gasteiger partial charge < -0.3 is 5.32 Å². The minimum atomic E-state index is 0.383. The van der Waals surface area contributed by atoms with E-state index >= 15 is 0 Å². The summed E-state index contributed by atoms with van der Waals surface area (Å²) in [4.78, 5) is 4.24. The SMILES string of the molecule is C[C@H](NC1C2(C)CCC(C2)C1(C)C)c1cccnc1. The summed E-state index contributed by atoms with van der Waals surface area (Å²) >= 11 is 0. The third kappa shape index (κ3) is 2.01. The van der Waals surface area contributed by atoms with Crippen molar-refractivity contribution in [2.45, 2.75) is 59.0 Å². The van der Waals surface area contributed by atoms with Crippen LogP contribution in [0.3, 0.4) is 0 Å². The van der Waals surface area contributed by atoms with Gasteiger partial charge in [0, 0.05) is 24.5 Å². The van der Waals surface area contributed by atoms with Crippen LogP contribution in [0.5, 0.6) is 0 Å². The van der Waals surface area contributed by atoms with E-state index in [1.807, 2.05) is 18.5 Å². The number of rotatable bonds is 3. The van der Waals surface area contributed by atoms with Gasteiger partial charge in [0.1, 0.15) is 0 Å². The zero-order chi connectivity index (χ0) is 13.7. The van der Waals surface area contributed by atoms with Crippen LogP contribution in [-0.2, 0) is 0 Å². The molecule has 2 aliphatic rings. The summed E-state index contributed by atoms with van der Waals surface area (Å²) in [5.74, 6) is 0.899. The third-order valence-corrected chi connectivity index (χ3v) is 5.87. The van der Waals surface area contributed by atoms with E-state index in [2.05, 4.69) is 44.1 Å². The molecule has 0 aliphatic heterocycles. The van der Waals surface area contributed by atoms with Crippen LogP contribution in [0.1, 0.15) is 58.6 Å². The Morgan fingerprint density at radius 2 is 2.16 bits per heavy atom. The Labute approximate surface area is 117 Å². The molecule has 2 saturated carbocycles. The number of nitrogens with zero attached hydrogens (tertiary/aromatic N) is 1. The van der Waals surface area contributed by atoms with Gasteiger partial charge in [0.05, 0.1) is 0 Å². The molecule has 2 fully saturated rings. The van der Waals surface area contributed by atoms with E-state index in [1.165, 1.54) is 24.8 Å². The molecule has 2 bridgehead atoms. The normalized spacial score (nSPS) is 37.5. The number of hydrogen-bond acceptors (Lipinski definition) is 2. The molecule has 1 heterocycles. The van der Waals surface area contributed by atoms with Gasteiger partial charge in [-0.15, -0.1) is 0 Å². The summed E-state index contributed by atoms with van der Waals surface area (Å²) in [5, 5.41) is 3.92. The molecule has 1 aromatic heterocycles. The summed E-state index contributed by atoms with van der Waals surface area (Å²) in [7, 11) is 0. The van der Waals surface area contributed by atoms with Crippen molar-refractivity contribution in [2.75, 3.05) is 0 Å². The lowest BCUT2D eigenvalue weighted by atomic mass is 9.68. The van der Waals surface area contributed by atoms with Crippen LogP contribution in [0.4, 0.5) is 0 Å².